The molecule has 0 spiro atoms. The van der Waals surface area contributed by atoms with Crippen LogP contribution in [0.4, 0.5) is 4.39 Å². The van der Waals surface area contributed by atoms with Gasteiger partial charge in [0.1, 0.15) is 11.5 Å². The molecule has 2 N–H and O–H groups in total. The van der Waals surface area contributed by atoms with E-state index in [2.05, 4.69) is 4.98 Å². The second-order valence-corrected chi connectivity index (χ2v) is 4.93. The maximum atomic E-state index is 13.6. The van der Waals surface area contributed by atoms with Gasteiger partial charge in [0.2, 0.25) is 0 Å². The Kier molecular flexibility index (Phi) is 2.98. The molecule has 0 radical (unpaired) electrons. The lowest BCUT2D eigenvalue weighted by Crippen LogP contribution is -2.42. The first-order chi connectivity index (χ1) is 9.15. The van der Waals surface area contributed by atoms with Gasteiger partial charge in [0.15, 0.2) is 0 Å². The smallest absolute Gasteiger partial charge is 0.270 e. The molecule has 0 saturated carbocycles. The SMILES string of the molecule is O=C(c1cc2c(F)cccc2[nH]1)N1CCCC(O)C1. The third-order valence-corrected chi connectivity index (χ3v) is 3.53. The summed E-state index contributed by atoms with van der Waals surface area (Å²) in [6.45, 7) is 0.977. The summed E-state index contributed by atoms with van der Waals surface area (Å²) in [6.07, 6.45) is 1.06. The molecule has 2 aromatic rings. The number of aromatic amines is 1. The van der Waals surface area contributed by atoms with E-state index in [1.807, 2.05) is 0 Å². The lowest BCUT2D eigenvalue weighted by atomic mass is 10.1. The largest absolute Gasteiger partial charge is 0.391 e. The highest BCUT2D eigenvalue weighted by molar-refractivity contribution is 5.98. The summed E-state index contributed by atoms with van der Waals surface area (Å²) in [5, 5.41) is 10.0. The van der Waals surface area contributed by atoms with Gasteiger partial charge in [0.05, 0.1) is 6.10 Å². The lowest BCUT2D eigenvalue weighted by molar-refractivity contribution is 0.0470. The van der Waals surface area contributed by atoms with E-state index < -0.39 is 6.10 Å². The minimum absolute atomic E-state index is 0.186. The van der Waals surface area contributed by atoms with Crippen LogP contribution < -0.4 is 0 Å². The molecule has 100 valence electrons. The molecule has 1 aromatic carbocycles. The van der Waals surface area contributed by atoms with Gasteiger partial charge in [-0.05, 0) is 31.0 Å². The molecule has 1 unspecified atom stereocenters. The molecule has 1 saturated heterocycles. The van der Waals surface area contributed by atoms with Crippen molar-refractivity contribution in [3.05, 3.63) is 35.8 Å². The minimum Gasteiger partial charge on any atom is -0.391 e. The van der Waals surface area contributed by atoms with Gasteiger partial charge < -0.3 is 15.0 Å². The quantitative estimate of drug-likeness (QED) is 0.824. The van der Waals surface area contributed by atoms with E-state index in [1.54, 1.807) is 17.0 Å². The number of halogens is 1. The summed E-state index contributed by atoms with van der Waals surface area (Å²) in [6, 6.07) is 6.25. The zero-order valence-corrected chi connectivity index (χ0v) is 10.4. The van der Waals surface area contributed by atoms with Gasteiger partial charge in [-0.2, -0.15) is 0 Å². The molecule has 2 heterocycles. The fraction of sp³-hybridized carbons (Fsp3) is 0.357. The number of hydrogen-bond donors (Lipinski definition) is 2. The summed E-state index contributed by atoms with van der Waals surface area (Å²) < 4.78 is 13.6. The Morgan fingerprint density at radius 3 is 3.05 bits per heavy atom. The third-order valence-electron chi connectivity index (χ3n) is 3.53. The molecule has 1 aliphatic heterocycles. The van der Waals surface area contributed by atoms with Gasteiger partial charge in [-0.1, -0.05) is 6.07 Å². The van der Waals surface area contributed by atoms with Crippen molar-refractivity contribution in [2.24, 2.45) is 0 Å². The van der Waals surface area contributed by atoms with Crippen molar-refractivity contribution < 1.29 is 14.3 Å². The monoisotopic (exact) mass is 262 g/mol. The fourth-order valence-corrected chi connectivity index (χ4v) is 2.54. The number of benzene rings is 1. The van der Waals surface area contributed by atoms with E-state index in [-0.39, 0.29) is 11.7 Å². The Bertz CT molecular complexity index is 623. The molecule has 19 heavy (non-hydrogen) atoms. The van der Waals surface area contributed by atoms with Crippen molar-refractivity contribution in [1.82, 2.24) is 9.88 Å². The first-order valence-corrected chi connectivity index (χ1v) is 6.40. The summed E-state index contributed by atoms with van der Waals surface area (Å²) in [4.78, 5) is 16.8. The molecule has 3 rings (SSSR count). The first kappa shape index (κ1) is 12.2. The van der Waals surface area contributed by atoms with Crippen LogP contribution in [0.5, 0.6) is 0 Å². The van der Waals surface area contributed by atoms with Gasteiger partial charge in [-0.3, -0.25) is 4.79 Å². The molecule has 1 aliphatic rings. The number of aromatic nitrogens is 1. The zero-order chi connectivity index (χ0) is 13.4. The molecule has 0 bridgehead atoms. The van der Waals surface area contributed by atoms with E-state index in [9.17, 15) is 14.3 Å². The molecule has 0 aliphatic carbocycles. The van der Waals surface area contributed by atoms with Gasteiger partial charge >= 0.3 is 0 Å². The maximum Gasteiger partial charge on any atom is 0.270 e. The van der Waals surface area contributed by atoms with Crippen molar-refractivity contribution in [3.63, 3.8) is 0 Å². The highest BCUT2D eigenvalue weighted by atomic mass is 19.1. The minimum atomic E-state index is -0.459. The second kappa shape index (κ2) is 4.66. The van der Waals surface area contributed by atoms with Gasteiger partial charge in [0, 0.05) is 24.0 Å². The number of nitrogens with one attached hydrogen (secondary N) is 1. The number of H-pyrrole nitrogens is 1. The second-order valence-electron chi connectivity index (χ2n) is 4.93. The van der Waals surface area contributed by atoms with Gasteiger partial charge in [-0.25, -0.2) is 4.39 Å². The Morgan fingerprint density at radius 2 is 2.32 bits per heavy atom. The standard InChI is InChI=1S/C14H15FN2O2/c15-11-4-1-5-12-10(11)7-13(16-12)14(19)17-6-2-3-9(18)8-17/h1,4-5,7,9,16,18H,2-3,6,8H2. The summed E-state index contributed by atoms with van der Waals surface area (Å²) in [5.74, 6) is -0.527. The summed E-state index contributed by atoms with van der Waals surface area (Å²) in [5.41, 5.74) is 0.982. The number of hydrogen-bond acceptors (Lipinski definition) is 2. The van der Waals surface area contributed by atoms with Gasteiger partial charge in [-0.15, -0.1) is 0 Å². The van der Waals surface area contributed by atoms with E-state index in [1.165, 1.54) is 12.1 Å². The predicted octanol–water partition coefficient (Wildman–Crippen LogP) is 1.90. The van der Waals surface area contributed by atoms with Crippen molar-refractivity contribution in [3.8, 4) is 0 Å². The van der Waals surface area contributed by atoms with E-state index in [0.717, 1.165) is 12.8 Å². The zero-order valence-electron chi connectivity index (χ0n) is 10.4. The molecule has 1 amide bonds. The first-order valence-electron chi connectivity index (χ1n) is 6.40. The highest BCUT2D eigenvalue weighted by Crippen LogP contribution is 2.20. The lowest BCUT2D eigenvalue weighted by Gasteiger charge is -2.29. The molecule has 5 heteroatoms. The predicted molar refractivity (Wildman–Crippen MR) is 69.4 cm³/mol. The molecule has 1 aromatic heterocycles. The van der Waals surface area contributed by atoms with Crippen LogP contribution in [0.2, 0.25) is 0 Å². The molecule has 4 nitrogen and oxygen atoms in total. The number of aliphatic hydroxyl groups is 1. The number of β-amino-alcohol motifs (C(OH)–C–C–N with tert-alkyl or cyclic N) is 1. The normalized spacial score (nSPS) is 19.9. The maximum absolute atomic E-state index is 13.6. The number of piperidine rings is 1. The Hall–Kier alpha value is -1.88. The summed E-state index contributed by atoms with van der Waals surface area (Å²) >= 11 is 0. The Balaban J connectivity index is 1.91. The Morgan fingerprint density at radius 1 is 1.47 bits per heavy atom. The molecular formula is C14H15FN2O2. The van der Waals surface area contributed by atoms with Gasteiger partial charge in [0.25, 0.3) is 5.91 Å². The number of likely N-dealkylation sites (tertiary alicyclic amines) is 1. The topological polar surface area (TPSA) is 56.3 Å². The average Bonchev–Trinajstić information content (AvgIpc) is 2.83. The van der Waals surface area contributed by atoms with E-state index in [0.29, 0.717) is 29.7 Å². The number of fused-ring (bicyclic) bond motifs is 1. The van der Waals surface area contributed by atoms with Crippen molar-refractivity contribution in [2.45, 2.75) is 18.9 Å². The number of nitrogens with zero attached hydrogens (tertiary/aromatic N) is 1. The van der Waals surface area contributed by atoms with Crippen LogP contribution in [-0.4, -0.2) is 40.1 Å². The third kappa shape index (κ3) is 2.21. The van der Waals surface area contributed by atoms with Crippen LogP contribution in [0.1, 0.15) is 23.3 Å². The van der Waals surface area contributed by atoms with Crippen molar-refractivity contribution in [1.29, 1.82) is 0 Å². The van der Waals surface area contributed by atoms with E-state index >= 15 is 0 Å². The van der Waals surface area contributed by atoms with Crippen LogP contribution in [0.15, 0.2) is 24.3 Å². The number of aliphatic hydroxyl groups excluding tert-OH is 1. The summed E-state index contributed by atoms with van der Waals surface area (Å²) in [7, 11) is 0. The van der Waals surface area contributed by atoms with Crippen LogP contribution in [0.3, 0.4) is 0 Å². The number of amides is 1. The van der Waals surface area contributed by atoms with E-state index in [4.69, 9.17) is 0 Å². The Labute approximate surface area is 109 Å². The van der Waals surface area contributed by atoms with Crippen LogP contribution in [-0.2, 0) is 0 Å². The molecule has 1 atom stereocenters. The van der Waals surface area contributed by atoms with Crippen LogP contribution in [0.25, 0.3) is 10.9 Å². The highest BCUT2D eigenvalue weighted by Gasteiger charge is 2.24. The molecular weight excluding hydrogens is 247 g/mol. The van der Waals surface area contributed by atoms with Crippen LogP contribution >= 0.6 is 0 Å². The van der Waals surface area contributed by atoms with Crippen LogP contribution in [0, 0.1) is 5.82 Å². The van der Waals surface area contributed by atoms with Crippen molar-refractivity contribution >= 4 is 16.8 Å². The number of carbonyl (C=O) groups excluding carboxylic acids is 1. The fourth-order valence-electron chi connectivity index (χ4n) is 2.54. The molecule has 1 fully saturated rings. The number of carbonyl (C=O) groups is 1. The van der Waals surface area contributed by atoms with Crippen molar-refractivity contribution in [2.75, 3.05) is 13.1 Å². The average molecular weight is 262 g/mol. The number of rotatable bonds is 1.